The van der Waals surface area contributed by atoms with E-state index in [2.05, 4.69) is 0 Å². The van der Waals surface area contributed by atoms with Crippen LogP contribution in [0.1, 0.15) is 36.5 Å². The number of carboxylic acids is 1. The average molecular weight is 442 g/mol. The number of hydrogen-bond acceptors (Lipinski definition) is 2. The number of aliphatic carboxylic acids is 1. The van der Waals surface area contributed by atoms with Crippen LogP contribution in [0.2, 0.25) is 0 Å². The highest BCUT2D eigenvalue weighted by Gasteiger charge is 2.30. The Bertz CT molecular complexity index is 1100. The molecule has 0 radical (unpaired) electrons. The van der Waals surface area contributed by atoms with Crippen molar-refractivity contribution < 1.29 is 27.8 Å². The molecule has 0 aliphatic heterocycles. The number of alkyl halides is 3. The fourth-order valence-electron chi connectivity index (χ4n) is 3.63. The summed E-state index contributed by atoms with van der Waals surface area (Å²) < 4.78 is 45.0. The molecule has 3 nitrogen and oxygen atoms in total. The van der Waals surface area contributed by atoms with Crippen molar-refractivity contribution in [1.82, 2.24) is 0 Å². The molecule has 0 aromatic heterocycles. The van der Waals surface area contributed by atoms with Crippen molar-refractivity contribution in [2.75, 3.05) is 6.61 Å². The highest BCUT2D eigenvalue weighted by atomic mass is 19.4. The van der Waals surface area contributed by atoms with Crippen LogP contribution in [0.5, 0.6) is 5.75 Å². The summed E-state index contributed by atoms with van der Waals surface area (Å²) in [7, 11) is 0. The van der Waals surface area contributed by atoms with E-state index in [1.807, 2.05) is 50.2 Å². The largest absolute Gasteiger partial charge is 0.494 e. The lowest BCUT2D eigenvalue weighted by molar-refractivity contribution is -0.138. The summed E-state index contributed by atoms with van der Waals surface area (Å²) in [4.78, 5) is 11.1. The quantitative estimate of drug-likeness (QED) is 0.403. The van der Waals surface area contributed by atoms with Crippen LogP contribution in [0.15, 0.2) is 60.7 Å². The van der Waals surface area contributed by atoms with Crippen LogP contribution in [0, 0.1) is 6.92 Å². The summed E-state index contributed by atoms with van der Waals surface area (Å²) >= 11 is 0. The highest BCUT2D eigenvalue weighted by Crippen LogP contribution is 2.35. The molecule has 168 valence electrons. The number of halogens is 3. The summed E-state index contributed by atoms with van der Waals surface area (Å²) in [6.07, 6.45) is -3.19. The first-order chi connectivity index (χ1) is 15.2. The van der Waals surface area contributed by atoms with E-state index >= 15 is 0 Å². The van der Waals surface area contributed by atoms with Gasteiger partial charge >= 0.3 is 12.1 Å². The molecule has 0 aliphatic carbocycles. The lowest BCUT2D eigenvalue weighted by Gasteiger charge is -2.15. The fraction of sp³-hybridized carbons (Fsp3) is 0.269. The molecule has 0 saturated heterocycles. The maximum absolute atomic E-state index is 13.1. The Balaban J connectivity index is 1.98. The molecule has 0 aliphatic rings. The van der Waals surface area contributed by atoms with E-state index in [0.29, 0.717) is 24.3 Å². The normalized spacial score (nSPS) is 11.4. The van der Waals surface area contributed by atoms with Crippen LogP contribution in [0.3, 0.4) is 0 Å². The van der Waals surface area contributed by atoms with Crippen LogP contribution < -0.4 is 4.74 Å². The zero-order valence-electron chi connectivity index (χ0n) is 18.0. The lowest BCUT2D eigenvalue weighted by atomic mass is 9.92. The Hall–Kier alpha value is -3.28. The fourth-order valence-corrected chi connectivity index (χ4v) is 3.63. The summed E-state index contributed by atoms with van der Waals surface area (Å²) in [5, 5.41) is 9.12. The average Bonchev–Trinajstić information content (AvgIpc) is 2.75. The van der Waals surface area contributed by atoms with Crippen LogP contribution in [0.4, 0.5) is 13.2 Å². The molecule has 0 fully saturated rings. The number of benzene rings is 3. The van der Waals surface area contributed by atoms with Gasteiger partial charge in [0.15, 0.2) is 0 Å². The second kappa shape index (κ2) is 9.90. The predicted octanol–water partition coefficient (Wildman–Crippen LogP) is 7.15. The van der Waals surface area contributed by atoms with Crippen molar-refractivity contribution in [1.29, 1.82) is 0 Å². The number of carbonyl (C=O) groups is 1. The highest BCUT2D eigenvalue weighted by molar-refractivity contribution is 5.76. The van der Waals surface area contributed by atoms with Crippen molar-refractivity contribution in [3.63, 3.8) is 0 Å². The molecule has 0 saturated carbocycles. The standard InChI is InChI=1S/C26H25F3O3/c1-3-13-32-22-9-11-24(20(16-22)8-12-25(30)31)19-7-10-23(17(2)14-19)18-5-4-6-21(15-18)26(27,28)29/h4-7,9-11,14-16H,3,8,12-13H2,1-2H3,(H,30,31). The van der Waals surface area contributed by atoms with E-state index in [1.54, 1.807) is 6.07 Å². The van der Waals surface area contributed by atoms with E-state index < -0.39 is 17.7 Å². The molecular weight excluding hydrogens is 417 g/mol. The minimum atomic E-state index is -4.40. The van der Waals surface area contributed by atoms with Crippen molar-refractivity contribution in [2.45, 2.75) is 39.3 Å². The first kappa shape index (κ1) is 23.4. The van der Waals surface area contributed by atoms with Gasteiger partial charge in [-0.3, -0.25) is 4.79 Å². The van der Waals surface area contributed by atoms with Crippen LogP contribution in [0.25, 0.3) is 22.3 Å². The molecule has 0 amide bonds. The van der Waals surface area contributed by atoms with Crippen LogP contribution in [-0.4, -0.2) is 17.7 Å². The molecule has 3 aromatic carbocycles. The van der Waals surface area contributed by atoms with Gasteiger partial charge in [0, 0.05) is 6.42 Å². The lowest BCUT2D eigenvalue weighted by Crippen LogP contribution is -2.04. The number of ether oxygens (including phenoxy) is 1. The molecular formula is C26H25F3O3. The van der Waals surface area contributed by atoms with E-state index in [0.717, 1.165) is 46.4 Å². The molecule has 3 aromatic rings. The van der Waals surface area contributed by atoms with Gasteiger partial charge in [-0.15, -0.1) is 0 Å². The van der Waals surface area contributed by atoms with Crippen molar-refractivity contribution in [3.05, 3.63) is 77.4 Å². The van der Waals surface area contributed by atoms with Gasteiger partial charge in [-0.1, -0.05) is 43.3 Å². The van der Waals surface area contributed by atoms with Crippen LogP contribution >= 0.6 is 0 Å². The molecule has 0 atom stereocenters. The number of carboxylic acid groups (broad SMARTS) is 1. The van der Waals surface area contributed by atoms with Gasteiger partial charge in [-0.05, 0) is 77.4 Å². The zero-order chi connectivity index (χ0) is 23.3. The molecule has 32 heavy (non-hydrogen) atoms. The third-order valence-corrected chi connectivity index (χ3v) is 5.20. The second-order valence-corrected chi connectivity index (χ2v) is 7.67. The van der Waals surface area contributed by atoms with E-state index in [4.69, 9.17) is 9.84 Å². The van der Waals surface area contributed by atoms with Gasteiger partial charge in [-0.25, -0.2) is 0 Å². The minimum Gasteiger partial charge on any atom is -0.494 e. The van der Waals surface area contributed by atoms with Crippen LogP contribution in [-0.2, 0) is 17.4 Å². The Labute approximate surface area is 185 Å². The van der Waals surface area contributed by atoms with Crippen molar-refractivity contribution >= 4 is 5.97 Å². The maximum atomic E-state index is 13.1. The Morgan fingerprint density at radius 2 is 1.69 bits per heavy atom. The Kier molecular flexibility index (Phi) is 7.23. The number of hydrogen-bond donors (Lipinski definition) is 1. The molecule has 3 rings (SSSR count). The van der Waals surface area contributed by atoms with Gasteiger partial charge < -0.3 is 9.84 Å². The summed E-state index contributed by atoms with van der Waals surface area (Å²) in [6, 6.07) is 16.5. The third-order valence-electron chi connectivity index (χ3n) is 5.20. The minimum absolute atomic E-state index is 0.00840. The topological polar surface area (TPSA) is 46.5 Å². The van der Waals surface area contributed by atoms with Gasteiger partial charge in [0.1, 0.15) is 5.75 Å². The zero-order valence-corrected chi connectivity index (χ0v) is 18.0. The summed E-state index contributed by atoms with van der Waals surface area (Å²) in [6.45, 7) is 4.44. The molecule has 0 unspecified atom stereocenters. The SMILES string of the molecule is CCCOc1ccc(-c2ccc(-c3cccc(C(F)(F)F)c3)c(C)c2)c(CCC(=O)O)c1. The Morgan fingerprint density at radius 3 is 2.34 bits per heavy atom. The third kappa shape index (κ3) is 5.69. The van der Waals surface area contributed by atoms with Crippen molar-refractivity contribution in [3.8, 4) is 28.0 Å². The molecule has 1 N–H and O–H groups in total. The van der Waals surface area contributed by atoms with E-state index in [-0.39, 0.29) is 6.42 Å². The molecule has 0 spiro atoms. The van der Waals surface area contributed by atoms with E-state index in [9.17, 15) is 18.0 Å². The second-order valence-electron chi connectivity index (χ2n) is 7.67. The monoisotopic (exact) mass is 442 g/mol. The maximum Gasteiger partial charge on any atom is 0.416 e. The Morgan fingerprint density at radius 1 is 0.969 bits per heavy atom. The van der Waals surface area contributed by atoms with Gasteiger partial charge in [0.2, 0.25) is 0 Å². The summed E-state index contributed by atoms with van der Waals surface area (Å²) in [5.74, 6) is -0.194. The smallest absolute Gasteiger partial charge is 0.416 e. The molecule has 6 heteroatoms. The van der Waals surface area contributed by atoms with Gasteiger partial charge in [-0.2, -0.15) is 13.2 Å². The first-order valence-corrected chi connectivity index (χ1v) is 10.4. The molecule has 0 heterocycles. The van der Waals surface area contributed by atoms with Gasteiger partial charge in [0.25, 0.3) is 0 Å². The first-order valence-electron chi connectivity index (χ1n) is 10.4. The van der Waals surface area contributed by atoms with Gasteiger partial charge in [0.05, 0.1) is 12.2 Å². The number of rotatable bonds is 8. The molecule has 0 bridgehead atoms. The number of aryl methyl sites for hydroxylation is 2. The van der Waals surface area contributed by atoms with Crippen molar-refractivity contribution in [2.24, 2.45) is 0 Å². The predicted molar refractivity (Wildman–Crippen MR) is 119 cm³/mol. The summed E-state index contributed by atoms with van der Waals surface area (Å²) in [5.41, 5.74) is 3.98. The van der Waals surface area contributed by atoms with E-state index in [1.165, 1.54) is 6.07 Å².